The molecule has 0 aliphatic heterocycles. The van der Waals surface area contributed by atoms with Crippen molar-refractivity contribution in [1.82, 2.24) is 0 Å². The van der Waals surface area contributed by atoms with E-state index in [0.717, 1.165) is 0 Å². The summed E-state index contributed by atoms with van der Waals surface area (Å²) >= 11 is 0. The molecule has 7 heavy (non-hydrogen) atoms. The van der Waals surface area contributed by atoms with Gasteiger partial charge in [0.15, 0.2) is 0 Å². The Hall–Kier alpha value is 1.58. The van der Waals surface area contributed by atoms with E-state index in [1.54, 1.807) is 0 Å². The van der Waals surface area contributed by atoms with Crippen LogP contribution in [-0.2, 0) is 26.2 Å². The maximum Gasteiger partial charge on any atom is 4.00 e. The van der Waals surface area contributed by atoms with Crippen LogP contribution in [0, 0.1) is 0 Å². The summed E-state index contributed by atoms with van der Waals surface area (Å²) in [4.78, 5) is 33.6. The Bertz CT molecular complexity index is 11.7. The van der Waals surface area contributed by atoms with Crippen molar-refractivity contribution in [1.29, 1.82) is 0 Å². The van der Waals surface area contributed by atoms with Gasteiger partial charge in [0.1, 0.15) is 0 Å². The summed E-state index contributed by atoms with van der Waals surface area (Å²) in [5.74, 6) is 0. The quantitative estimate of drug-likeness (QED) is 0.394. The molecule has 0 atom stereocenters. The Morgan fingerprint density at radius 3 is 0.714 bits per heavy atom. The van der Waals surface area contributed by atoms with Crippen molar-refractivity contribution in [2.75, 3.05) is 0 Å². The van der Waals surface area contributed by atoms with Crippen LogP contribution in [-0.4, -0.2) is 0 Å². The molecular weight excluding hydrogens is 217 g/mol. The van der Waals surface area contributed by atoms with Crippen LogP contribution in [0.15, 0.2) is 0 Å². The number of hydrogen-bond donors (Lipinski definition) is 0. The molecule has 0 saturated heterocycles. The van der Waals surface area contributed by atoms with Gasteiger partial charge < -0.3 is 37.6 Å². The zero-order valence-corrected chi connectivity index (χ0v) is 7.59. The van der Waals surface area contributed by atoms with E-state index in [-0.39, 0.29) is 26.2 Å². The number of rotatable bonds is 0. The molecule has 0 N–H and O–H groups in total. The molecule has 0 aromatic rings. The van der Waals surface area contributed by atoms with E-state index in [4.69, 9.17) is 19.6 Å². The third-order valence-corrected chi connectivity index (χ3v) is 0. The van der Waals surface area contributed by atoms with E-state index < -0.39 is 18.1 Å². The molecule has 0 aliphatic rings. The Balaban J connectivity index is -0.0000000400. The van der Waals surface area contributed by atoms with Gasteiger partial charge in [-0.1, -0.05) is 0 Å². The molecule has 0 radical (unpaired) electrons. The fraction of sp³-hybridized carbons (Fsp3) is 0. The summed E-state index contributed by atoms with van der Waals surface area (Å²) in [6, 6.07) is 0. The van der Waals surface area contributed by atoms with Crippen molar-refractivity contribution < 1.29 is 45.8 Å². The van der Waals surface area contributed by atoms with Crippen LogP contribution in [0.25, 0.3) is 0 Å². The molecule has 0 heterocycles. The van der Waals surface area contributed by atoms with E-state index >= 15 is 0 Å². The molecule has 40 valence electrons. The molecule has 0 rings (SSSR count). The molecule has 0 aliphatic carbocycles. The van der Waals surface area contributed by atoms with Crippen molar-refractivity contribution >= 4 is 18.1 Å². The zero-order valence-electron chi connectivity index (χ0n) is 3.13. The van der Waals surface area contributed by atoms with Crippen LogP contribution in [0.2, 0.25) is 0 Å². The van der Waals surface area contributed by atoms with Gasteiger partial charge in [-0.3, -0.25) is 0 Å². The topological polar surface area (TPSA) is 92.2 Å². The van der Waals surface area contributed by atoms with Gasteiger partial charge in [-0.2, -0.15) is 0 Å². The molecular formula is H2O4P2Zr. The smallest absolute Gasteiger partial charge is 0.844 e. The average molecular weight is 219 g/mol. The van der Waals surface area contributed by atoms with Crippen LogP contribution < -0.4 is 19.6 Å². The first-order valence-electron chi connectivity index (χ1n) is 0.816. The molecule has 0 spiro atoms. The molecule has 0 aromatic heterocycles. The van der Waals surface area contributed by atoms with Gasteiger partial charge in [0.05, 0.1) is 0 Å². The Morgan fingerprint density at radius 2 is 0.714 bits per heavy atom. The van der Waals surface area contributed by atoms with Crippen LogP contribution in [0.5, 0.6) is 0 Å². The standard InChI is InChI=1S/2HO2P.Zr/c2*1-3-2;/h2*3H;/q2*-2;+4. The monoisotopic (exact) mass is 218 g/mol. The predicted octanol–water partition coefficient (Wildman–Crippen LogP) is -3.57. The van der Waals surface area contributed by atoms with Crippen molar-refractivity contribution in [2.45, 2.75) is 0 Å². The maximum atomic E-state index is 8.40. The van der Waals surface area contributed by atoms with Crippen molar-refractivity contribution in [2.24, 2.45) is 0 Å². The minimum absolute atomic E-state index is 0. The van der Waals surface area contributed by atoms with Crippen molar-refractivity contribution in [3.8, 4) is 0 Å². The first-order valence-corrected chi connectivity index (χ1v) is 2.45. The van der Waals surface area contributed by atoms with Crippen LogP contribution in [0.4, 0.5) is 0 Å². The molecule has 4 nitrogen and oxygen atoms in total. The van der Waals surface area contributed by atoms with E-state index in [1.165, 1.54) is 0 Å². The average Bonchev–Trinajstić information content (AvgIpc) is 1.39. The fourth-order valence-corrected chi connectivity index (χ4v) is 0. The van der Waals surface area contributed by atoms with E-state index in [2.05, 4.69) is 0 Å². The van der Waals surface area contributed by atoms with Gasteiger partial charge in [-0.15, -0.1) is 0 Å². The Morgan fingerprint density at radius 1 is 0.714 bits per heavy atom. The Labute approximate surface area is 64.0 Å². The molecule has 0 bridgehead atoms. The van der Waals surface area contributed by atoms with Crippen molar-refractivity contribution in [3.63, 3.8) is 0 Å². The van der Waals surface area contributed by atoms with E-state index in [0.29, 0.717) is 0 Å². The molecule has 0 amide bonds. The van der Waals surface area contributed by atoms with Crippen molar-refractivity contribution in [3.05, 3.63) is 0 Å². The van der Waals surface area contributed by atoms with Crippen LogP contribution >= 0.6 is 18.1 Å². The predicted molar refractivity (Wildman–Crippen MR) is 16.6 cm³/mol. The molecule has 0 aromatic carbocycles. The zero-order chi connectivity index (χ0) is 5.41. The molecule has 0 saturated carbocycles. The fourth-order valence-electron chi connectivity index (χ4n) is 0. The second-order valence-electron chi connectivity index (χ2n) is 0.167. The summed E-state index contributed by atoms with van der Waals surface area (Å²) < 4.78 is 0. The SMILES string of the molecule is [O-]P[O-].[O-]P[O-].[Zr+4]. The van der Waals surface area contributed by atoms with Gasteiger partial charge in [-0.05, 0) is 0 Å². The summed E-state index contributed by atoms with van der Waals surface area (Å²) in [6.07, 6.45) is 0. The summed E-state index contributed by atoms with van der Waals surface area (Å²) in [5, 5.41) is 0. The van der Waals surface area contributed by atoms with Crippen LogP contribution in [0.1, 0.15) is 0 Å². The third-order valence-electron chi connectivity index (χ3n) is 0. The Kier molecular flexibility index (Phi) is 57.9. The van der Waals surface area contributed by atoms with Gasteiger partial charge >= 0.3 is 26.2 Å². The normalized spacial score (nSPS) is 5.14. The maximum absolute atomic E-state index is 8.40. The second kappa shape index (κ2) is 25.6. The van der Waals surface area contributed by atoms with E-state index in [1.807, 2.05) is 0 Å². The first kappa shape index (κ1) is 15.8. The molecule has 0 fully saturated rings. The van der Waals surface area contributed by atoms with Gasteiger partial charge in [-0.25, -0.2) is 0 Å². The largest absolute Gasteiger partial charge is 4.00 e. The third kappa shape index (κ3) is 94.3. The molecule has 0 unspecified atom stereocenters. The summed E-state index contributed by atoms with van der Waals surface area (Å²) in [6.45, 7) is 0. The van der Waals surface area contributed by atoms with E-state index in [9.17, 15) is 0 Å². The second-order valence-corrected chi connectivity index (χ2v) is 0.500. The molecule has 7 heteroatoms. The van der Waals surface area contributed by atoms with Gasteiger partial charge in [0, 0.05) is 0 Å². The minimum atomic E-state index is -1.42. The number of hydrogen-bond acceptors (Lipinski definition) is 4. The van der Waals surface area contributed by atoms with Crippen LogP contribution in [0.3, 0.4) is 0 Å². The minimum Gasteiger partial charge on any atom is -0.844 e. The first-order chi connectivity index (χ1) is 2.83. The van der Waals surface area contributed by atoms with Gasteiger partial charge in [0.25, 0.3) is 0 Å². The van der Waals surface area contributed by atoms with Gasteiger partial charge in [0.2, 0.25) is 0 Å². The summed E-state index contributed by atoms with van der Waals surface area (Å²) in [7, 11) is -2.83. The summed E-state index contributed by atoms with van der Waals surface area (Å²) in [5.41, 5.74) is 0.